The molecule has 1 rings (SSSR count). The number of carbonyl (C=O) groups excluding carboxylic acids is 1. The predicted molar refractivity (Wildman–Crippen MR) is 46.3 cm³/mol. The summed E-state index contributed by atoms with van der Waals surface area (Å²) in [6.07, 6.45) is 1.38. The van der Waals surface area contributed by atoms with Gasteiger partial charge in [-0.05, 0) is 43.6 Å². The Hall–Kier alpha value is -0.930. The second-order valence-electron chi connectivity index (χ2n) is 3.21. The van der Waals surface area contributed by atoms with Gasteiger partial charge in [-0.2, -0.15) is 0 Å². The van der Waals surface area contributed by atoms with E-state index in [9.17, 15) is 9.90 Å². The van der Waals surface area contributed by atoms with Crippen LogP contribution in [0.1, 0.15) is 20.8 Å². The van der Waals surface area contributed by atoms with Crippen molar-refractivity contribution in [3.63, 3.8) is 0 Å². The van der Waals surface area contributed by atoms with Crippen molar-refractivity contribution >= 4 is 5.78 Å². The van der Waals surface area contributed by atoms with Crippen LogP contribution in [-0.4, -0.2) is 16.6 Å². The summed E-state index contributed by atoms with van der Waals surface area (Å²) in [7, 11) is 0. The quantitative estimate of drug-likeness (QED) is 0.516. The summed E-state index contributed by atoms with van der Waals surface area (Å²) in [5.41, 5.74) is 5.73. The van der Waals surface area contributed by atoms with Crippen molar-refractivity contribution in [2.75, 3.05) is 0 Å². The van der Waals surface area contributed by atoms with E-state index in [1.54, 1.807) is 20.8 Å². The lowest BCUT2D eigenvalue weighted by Gasteiger charge is -2.29. The molecule has 12 heavy (non-hydrogen) atoms. The molecular weight excluding hydrogens is 154 g/mol. The van der Waals surface area contributed by atoms with E-state index in [4.69, 9.17) is 5.73 Å². The third-order valence-corrected chi connectivity index (χ3v) is 2.45. The summed E-state index contributed by atoms with van der Waals surface area (Å²) in [6.45, 7) is 4.98. The van der Waals surface area contributed by atoms with Crippen molar-refractivity contribution in [2.24, 2.45) is 5.73 Å². The Morgan fingerprint density at radius 1 is 1.42 bits per heavy atom. The number of hydrogen-bond donors (Lipinski definition) is 2. The van der Waals surface area contributed by atoms with Crippen LogP contribution in [-0.2, 0) is 4.79 Å². The third kappa shape index (κ3) is 1.11. The number of ketones is 1. The molecule has 0 aromatic carbocycles. The second-order valence-corrected chi connectivity index (χ2v) is 3.21. The van der Waals surface area contributed by atoms with Crippen molar-refractivity contribution in [2.45, 2.75) is 26.5 Å². The molecule has 0 heterocycles. The molecule has 3 nitrogen and oxygen atoms in total. The Morgan fingerprint density at radius 2 is 1.92 bits per heavy atom. The van der Waals surface area contributed by atoms with E-state index in [2.05, 4.69) is 0 Å². The largest absolute Gasteiger partial charge is 0.368 e. The van der Waals surface area contributed by atoms with Gasteiger partial charge in [-0.25, -0.2) is 0 Å². The summed E-state index contributed by atoms with van der Waals surface area (Å²) < 4.78 is 0. The Balaban J connectivity index is 3.25. The first-order chi connectivity index (χ1) is 5.37. The van der Waals surface area contributed by atoms with E-state index < -0.39 is 5.72 Å². The maximum Gasteiger partial charge on any atom is 0.181 e. The number of carbonyl (C=O) groups is 1. The molecule has 0 radical (unpaired) electrons. The minimum atomic E-state index is -1.43. The molecule has 0 amide bonds. The number of aliphatic hydroxyl groups is 1. The predicted octanol–water partition coefficient (Wildman–Crippen LogP) is 0.499. The first-order valence-corrected chi connectivity index (χ1v) is 3.79. The molecule has 0 saturated heterocycles. The van der Waals surface area contributed by atoms with Crippen molar-refractivity contribution in [1.82, 2.24) is 0 Å². The van der Waals surface area contributed by atoms with E-state index in [1.165, 1.54) is 6.08 Å². The molecule has 3 N–H and O–H groups in total. The molecule has 1 aliphatic carbocycles. The SMILES string of the molecule is CC1=CC(=O)C(C)=C(C)C1(N)O. The summed E-state index contributed by atoms with van der Waals surface area (Å²) in [5, 5.41) is 9.70. The molecule has 3 heteroatoms. The van der Waals surface area contributed by atoms with Crippen LogP contribution >= 0.6 is 0 Å². The number of nitrogens with two attached hydrogens (primary N) is 1. The molecule has 1 atom stereocenters. The average molecular weight is 167 g/mol. The van der Waals surface area contributed by atoms with Crippen LogP contribution in [0.3, 0.4) is 0 Å². The summed E-state index contributed by atoms with van der Waals surface area (Å²) in [6, 6.07) is 0. The van der Waals surface area contributed by atoms with Gasteiger partial charge in [-0.3, -0.25) is 10.5 Å². The van der Waals surface area contributed by atoms with Crippen LogP contribution in [0, 0.1) is 0 Å². The maximum absolute atomic E-state index is 11.2. The highest BCUT2D eigenvalue weighted by atomic mass is 16.3. The lowest BCUT2D eigenvalue weighted by atomic mass is 9.86. The van der Waals surface area contributed by atoms with Gasteiger partial charge in [-0.1, -0.05) is 0 Å². The first kappa shape index (κ1) is 9.16. The van der Waals surface area contributed by atoms with Gasteiger partial charge in [0, 0.05) is 0 Å². The van der Waals surface area contributed by atoms with Gasteiger partial charge in [0.05, 0.1) is 0 Å². The molecule has 1 aliphatic rings. The van der Waals surface area contributed by atoms with Crippen LogP contribution in [0.25, 0.3) is 0 Å². The van der Waals surface area contributed by atoms with E-state index in [1.807, 2.05) is 0 Å². The fraction of sp³-hybridized carbons (Fsp3) is 0.444. The van der Waals surface area contributed by atoms with Gasteiger partial charge in [0.1, 0.15) is 0 Å². The minimum Gasteiger partial charge on any atom is -0.368 e. The minimum absolute atomic E-state index is 0.0693. The van der Waals surface area contributed by atoms with Crippen LogP contribution in [0.4, 0.5) is 0 Å². The van der Waals surface area contributed by atoms with Crippen molar-refractivity contribution < 1.29 is 9.90 Å². The van der Waals surface area contributed by atoms with Gasteiger partial charge >= 0.3 is 0 Å². The van der Waals surface area contributed by atoms with E-state index in [0.717, 1.165) is 0 Å². The normalized spacial score (nSPS) is 30.8. The molecule has 66 valence electrons. The maximum atomic E-state index is 11.2. The van der Waals surface area contributed by atoms with Crippen molar-refractivity contribution in [1.29, 1.82) is 0 Å². The van der Waals surface area contributed by atoms with Crippen LogP contribution in [0.5, 0.6) is 0 Å². The van der Waals surface area contributed by atoms with Crippen LogP contribution in [0.2, 0.25) is 0 Å². The van der Waals surface area contributed by atoms with Gasteiger partial charge in [-0.15, -0.1) is 0 Å². The highest BCUT2D eigenvalue weighted by Gasteiger charge is 2.32. The molecular formula is C9H13NO2. The third-order valence-electron chi connectivity index (χ3n) is 2.45. The lowest BCUT2D eigenvalue weighted by Crippen LogP contribution is -2.45. The van der Waals surface area contributed by atoms with Gasteiger partial charge < -0.3 is 5.11 Å². The Bertz CT molecular complexity index is 298. The van der Waals surface area contributed by atoms with Crippen molar-refractivity contribution in [3.05, 3.63) is 22.8 Å². The molecule has 0 fully saturated rings. The summed E-state index contributed by atoms with van der Waals surface area (Å²) in [5.74, 6) is -0.0693. The smallest absolute Gasteiger partial charge is 0.181 e. The molecule has 0 saturated carbocycles. The van der Waals surface area contributed by atoms with Gasteiger partial charge in [0.2, 0.25) is 0 Å². The van der Waals surface area contributed by atoms with E-state index >= 15 is 0 Å². The average Bonchev–Trinajstić information content (AvgIpc) is 1.99. The molecule has 0 aliphatic heterocycles. The Kier molecular flexibility index (Phi) is 1.94. The zero-order valence-corrected chi connectivity index (χ0v) is 7.51. The summed E-state index contributed by atoms with van der Waals surface area (Å²) in [4.78, 5) is 11.2. The molecule has 0 bridgehead atoms. The number of allylic oxidation sites excluding steroid dienone is 2. The molecule has 0 aromatic rings. The topological polar surface area (TPSA) is 63.3 Å². The van der Waals surface area contributed by atoms with Crippen LogP contribution < -0.4 is 5.73 Å². The van der Waals surface area contributed by atoms with E-state index in [0.29, 0.717) is 16.7 Å². The summed E-state index contributed by atoms with van der Waals surface area (Å²) >= 11 is 0. The fourth-order valence-electron chi connectivity index (χ4n) is 1.18. The van der Waals surface area contributed by atoms with Gasteiger partial charge in [0.15, 0.2) is 11.5 Å². The standard InChI is InChI=1S/C9H13NO2/c1-5-4-8(11)6(2)7(3)9(5,10)12/h4,12H,10H2,1-3H3. The zero-order valence-electron chi connectivity index (χ0n) is 7.51. The lowest BCUT2D eigenvalue weighted by molar-refractivity contribution is -0.111. The number of rotatable bonds is 0. The second kappa shape index (κ2) is 2.54. The highest BCUT2D eigenvalue weighted by molar-refractivity contribution is 6.06. The first-order valence-electron chi connectivity index (χ1n) is 3.79. The molecule has 0 aromatic heterocycles. The van der Waals surface area contributed by atoms with Crippen LogP contribution in [0.15, 0.2) is 22.8 Å². The molecule has 1 unspecified atom stereocenters. The van der Waals surface area contributed by atoms with Crippen molar-refractivity contribution in [3.8, 4) is 0 Å². The Labute approximate surface area is 71.6 Å². The zero-order chi connectivity index (χ0) is 9.52. The van der Waals surface area contributed by atoms with E-state index in [-0.39, 0.29) is 5.78 Å². The van der Waals surface area contributed by atoms with Gasteiger partial charge in [0.25, 0.3) is 0 Å². The monoisotopic (exact) mass is 167 g/mol. The fourth-order valence-corrected chi connectivity index (χ4v) is 1.18. The Morgan fingerprint density at radius 3 is 2.42 bits per heavy atom. The molecule has 0 spiro atoms. The highest BCUT2D eigenvalue weighted by Crippen LogP contribution is 2.27. The number of hydrogen-bond acceptors (Lipinski definition) is 3.